The molecule has 2 rings (SSSR count). The molecule has 5 heteroatoms. The molecular weight excluding hydrogens is 244 g/mol. The van der Waals surface area contributed by atoms with Crippen LogP contribution in [0.5, 0.6) is 0 Å². The number of carbonyl (C=O) groups excluding carboxylic acids is 1. The van der Waals surface area contributed by atoms with Crippen LogP contribution in [0.4, 0.5) is 0 Å². The molecule has 1 aromatic rings. The van der Waals surface area contributed by atoms with Gasteiger partial charge in [0.15, 0.2) is 0 Å². The van der Waals surface area contributed by atoms with E-state index in [9.17, 15) is 14.7 Å². The second kappa shape index (κ2) is 5.17. The molecule has 1 amide bonds. The maximum absolute atomic E-state index is 12.4. The maximum atomic E-state index is 12.4. The fourth-order valence-corrected chi connectivity index (χ4v) is 2.61. The molecule has 1 atom stereocenters. The minimum atomic E-state index is -0.259. The monoisotopic (exact) mass is 264 g/mol. The third-order valence-corrected chi connectivity index (χ3v) is 3.68. The number of H-pyrrole nitrogens is 1. The highest BCUT2D eigenvalue weighted by Crippen LogP contribution is 2.29. The molecule has 104 valence electrons. The highest BCUT2D eigenvalue weighted by atomic mass is 16.3. The summed E-state index contributed by atoms with van der Waals surface area (Å²) in [5.41, 5.74) is 0.607. The Morgan fingerprint density at radius 1 is 1.53 bits per heavy atom. The van der Waals surface area contributed by atoms with E-state index < -0.39 is 0 Å². The Bertz CT molecular complexity index is 538. The number of hydrogen-bond acceptors (Lipinski definition) is 3. The summed E-state index contributed by atoms with van der Waals surface area (Å²) >= 11 is 0. The minimum Gasteiger partial charge on any atom is -0.396 e. The number of nitrogens with one attached hydrogen (secondary N) is 1. The Balaban J connectivity index is 2.21. The third kappa shape index (κ3) is 3.04. The molecule has 0 aromatic carbocycles. The summed E-state index contributed by atoms with van der Waals surface area (Å²) in [5, 5.41) is 9.42. The first-order valence-electron chi connectivity index (χ1n) is 6.55. The van der Waals surface area contributed by atoms with Crippen molar-refractivity contribution in [1.29, 1.82) is 0 Å². The lowest BCUT2D eigenvalue weighted by Crippen LogP contribution is -2.46. The smallest absolute Gasteiger partial charge is 0.254 e. The Hall–Kier alpha value is -1.62. The van der Waals surface area contributed by atoms with Crippen LogP contribution in [0.3, 0.4) is 0 Å². The van der Waals surface area contributed by atoms with Crippen molar-refractivity contribution in [3.05, 3.63) is 33.7 Å². The molecule has 0 spiro atoms. The third-order valence-electron chi connectivity index (χ3n) is 3.68. The van der Waals surface area contributed by atoms with E-state index in [2.05, 4.69) is 4.98 Å². The normalized spacial score (nSPS) is 23.4. The van der Waals surface area contributed by atoms with Crippen molar-refractivity contribution in [3.63, 3.8) is 0 Å². The van der Waals surface area contributed by atoms with Crippen LogP contribution >= 0.6 is 0 Å². The van der Waals surface area contributed by atoms with Crippen molar-refractivity contribution in [2.75, 3.05) is 19.7 Å². The Morgan fingerprint density at radius 2 is 2.26 bits per heavy atom. The predicted molar refractivity (Wildman–Crippen MR) is 72.1 cm³/mol. The zero-order valence-electron chi connectivity index (χ0n) is 11.4. The van der Waals surface area contributed by atoms with Crippen LogP contribution in [-0.2, 0) is 0 Å². The van der Waals surface area contributed by atoms with E-state index in [0.29, 0.717) is 24.3 Å². The number of aryl methyl sites for hydroxylation is 1. The summed E-state index contributed by atoms with van der Waals surface area (Å²) in [6, 6.07) is 3.02. The molecule has 1 aliphatic rings. The summed E-state index contributed by atoms with van der Waals surface area (Å²) < 4.78 is 0. The lowest BCUT2D eigenvalue weighted by molar-refractivity contribution is 0.0357. The van der Waals surface area contributed by atoms with Crippen LogP contribution in [-0.4, -0.2) is 40.6 Å². The molecule has 1 aliphatic heterocycles. The number of pyridine rings is 1. The number of aliphatic hydroxyl groups excluding tert-OH is 1. The van der Waals surface area contributed by atoms with Crippen molar-refractivity contribution < 1.29 is 9.90 Å². The second-order valence-corrected chi connectivity index (χ2v) is 5.72. The molecule has 1 unspecified atom stereocenters. The zero-order chi connectivity index (χ0) is 14.0. The number of amides is 1. The summed E-state index contributed by atoms with van der Waals surface area (Å²) in [6.45, 7) is 5.03. The number of likely N-dealkylation sites (tertiary alicyclic amines) is 1. The molecule has 0 bridgehead atoms. The highest BCUT2D eigenvalue weighted by molar-refractivity contribution is 5.94. The van der Waals surface area contributed by atoms with Gasteiger partial charge in [-0.1, -0.05) is 6.92 Å². The van der Waals surface area contributed by atoms with Gasteiger partial charge in [-0.25, -0.2) is 0 Å². The van der Waals surface area contributed by atoms with Gasteiger partial charge in [-0.15, -0.1) is 0 Å². The lowest BCUT2D eigenvalue weighted by Gasteiger charge is -2.39. The number of aliphatic hydroxyl groups is 1. The molecule has 0 aliphatic carbocycles. The largest absolute Gasteiger partial charge is 0.396 e. The first kappa shape index (κ1) is 13.8. The topological polar surface area (TPSA) is 73.4 Å². The molecule has 1 fully saturated rings. The highest BCUT2D eigenvalue weighted by Gasteiger charge is 2.32. The van der Waals surface area contributed by atoms with Crippen molar-refractivity contribution in [2.45, 2.75) is 26.7 Å². The van der Waals surface area contributed by atoms with E-state index in [1.807, 2.05) is 6.92 Å². The van der Waals surface area contributed by atoms with Crippen LogP contribution in [0, 0.1) is 12.3 Å². The van der Waals surface area contributed by atoms with Gasteiger partial charge in [-0.05, 0) is 25.8 Å². The standard InChI is InChI=1S/C14H20N2O3/c1-10-6-11(7-12(18)15-10)13(19)16-5-3-4-14(2,8-16)9-17/h6-7,17H,3-5,8-9H2,1-2H3,(H,15,18). The van der Waals surface area contributed by atoms with Crippen LogP contribution in [0.1, 0.15) is 35.8 Å². The van der Waals surface area contributed by atoms with Gasteiger partial charge in [0.05, 0.1) is 6.61 Å². The number of piperidine rings is 1. The van der Waals surface area contributed by atoms with Gasteiger partial charge in [0.25, 0.3) is 5.91 Å². The first-order valence-corrected chi connectivity index (χ1v) is 6.55. The van der Waals surface area contributed by atoms with E-state index in [-0.39, 0.29) is 23.5 Å². The van der Waals surface area contributed by atoms with Crippen molar-refractivity contribution >= 4 is 5.91 Å². The number of rotatable bonds is 2. The summed E-state index contributed by atoms with van der Waals surface area (Å²) in [6.07, 6.45) is 1.80. The molecule has 2 heterocycles. The lowest BCUT2D eigenvalue weighted by atomic mass is 9.82. The van der Waals surface area contributed by atoms with Crippen LogP contribution in [0.25, 0.3) is 0 Å². The van der Waals surface area contributed by atoms with E-state index in [0.717, 1.165) is 12.8 Å². The van der Waals surface area contributed by atoms with Gasteiger partial charge >= 0.3 is 0 Å². The van der Waals surface area contributed by atoms with Gasteiger partial charge in [0.2, 0.25) is 5.56 Å². The number of hydrogen-bond donors (Lipinski definition) is 2. The number of carbonyl (C=O) groups is 1. The Kier molecular flexibility index (Phi) is 3.75. The van der Waals surface area contributed by atoms with Gasteiger partial charge < -0.3 is 15.0 Å². The average Bonchev–Trinajstić information content (AvgIpc) is 2.37. The summed E-state index contributed by atoms with van der Waals surface area (Å²) in [7, 11) is 0. The van der Waals surface area contributed by atoms with E-state index >= 15 is 0 Å². The average molecular weight is 264 g/mol. The van der Waals surface area contributed by atoms with Gasteiger partial charge in [-0.2, -0.15) is 0 Å². The van der Waals surface area contributed by atoms with Crippen LogP contribution in [0.15, 0.2) is 16.9 Å². The quantitative estimate of drug-likeness (QED) is 0.834. The molecule has 5 nitrogen and oxygen atoms in total. The van der Waals surface area contributed by atoms with Crippen molar-refractivity contribution in [2.24, 2.45) is 5.41 Å². The van der Waals surface area contributed by atoms with E-state index in [1.165, 1.54) is 6.07 Å². The predicted octanol–water partition coefficient (Wildman–Crippen LogP) is 0.918. The first-order chi connectivity index (χ1) is 8.93. The van der Waals surface area contributed by atoms with Crippen LogP contribution in [0.2, 0.25) is 0 Å². The minimum absolute atomic E-state index is 0.0746. The van der Waals surface area contributed by atoms with Crippen LogP contribution < -0.4 is 5.56 Å². The Morgan fingerprint density at radius 3 is 2.89 bits per heavy atom. The fourth-order valence-electron chi connectivity index (χ4n) is 2.61. The van der Waals surface area contributed by atoms with Crippen molar-refractivity contribution in [1.82, 2.24) is 9.88 Å². The number of aromatic nitrogens is 1. The zero-order valence-corrected chi connectivity index (χ0v) is 11.4. The number of aromatic amines is 1. The molecule has 2 N–H and O–H groups in total. The van der Waals surface area contributed by atoms with E-state index in [1.54, 1.807) is 17.9 Å². The maximum Gasteiger partial charge on any atom is 0.254 e. The van der Waals surface area contributed by atoms with E-state index in [4.69, 9.17) is 0 Å². The second-order valence-electron chi connectivity index (χ2n) is 5.72. The summed E-state index contributed by atoms with van der Waals surface area (Å²) in [4.78, 5) is 28.2. The Labute approximate surface area is 112 Å². The number of nitrogens with zero attached hydrogens (tertiary/aromatic N) is 1. The molecular formula is C14H20N2O3. The van der Waals surface area contributed by atoms with Gasteiger partial charge in [0, 0.05) is 35.8 Å². The molecule has 0 radical (unpaired) electrons. The fraction of sp³-hybridized carbons (Fsp3) is 0.571. The van der Waals surface area contributed by atoms with Crippen molar-refractivity contribution in [3.8, 4) is 0 Å². The molecule has 1 saturated heterocycles. The summed E-state index contributed by atoms with van der Waals surface area (Å²) in [5.74, 6) is -0.131. The van der Waals surface area contributed by atoms with Gasteiger partial charge in [0.1, 0.15) is 0 Å². The molecule has 0 saturated carbocycles. The van der Waals surface area contributed by atoms with Gasteiger partial charge in [-0.3, -0.25) is 9.59 Å². The molecule has 1 aromatic heterocycles. The molecule has 19 heavy (non-hydrogen) atoms. The SMILES string of the molecule is Cc1cc(C(=O)N2CCCC(C)(CO)C2)cc(=O)[nH]1.